The number of hydrogen-bond donors (Lipinski definition) is 1. The lowest BCUT2D eigenvalue weighted by Crippen LogP contribution is -2.21. The van der Waals surface area contributed by atoms with E-state index in [1.165, 1.54) is 0 Å². The highest BCUT2D eigenvalue weighted by Gasteiger charge is 2.02. The quantitative estimate of drug-likeness (QED) is 0.690. The molecule has 0 radical (unpaired) electrons. The average Bonchev–Trinajstić information content (AvgIpc) is 2.74. The van der Waals surface area contributed by atoms with Crippen molar-refractivity contribution in [3.63, 3.8) is 0 Å². The highest BCUT2D eigenvalue weighted by atomic mass is 32.1. The summed E-state index contributed by atoms with van der Waals surface area (Å²) in [6.45, 7) is 7.18. The summed E-state index contributed by atoms with van der Waals surface area (Å²) in [5, 5.41) is 6.53. The second-order valence-corrected chi connectivity index (χ2v) is 5.11. The molecule has 98 valence electrons. The molecule has 1 aromatic heterocycles. The van der Waals surface area contributed by atoms with Crippen molar-refractivity contribution in [3.05, 3.63) is 16.1 Å². The Hall–Kier alpha value is -0.490. The van der Waals surface area contributed by atoms with Crippen LogP contribution in [0, 0.1) is 0 Å². The van der Waals surface area contributed by atoms with Crippen molar-refractivity contribution in [3.8, 4) is 0 Å². The lowest BCUT2D eigenvalue weighted by atomic mass is 10.4. The molecule has 0 aliphatic heterocycles. The zero-order valence-electron chi connectivity index (χ0n) is 10.9. The fourth-order valence-electron chi connectivity index (χ4n) is 1.27. The molecule has 0 unspecified atom stereocenters. The van der Waals surface area contributed by atoms with Gasteiger partial charge in [0.15, 0.2) is 0 Å². The first-order chi connectivity index (χ1) is 8.22. The summed E-state index contributed by atoms with van der Waals surface area (Å²) in [7, 11) is 1.70. The van der Waals surface area contributed by atoms with Gasteiger partial charge in [-0.1, -0.05) is 13.8 Å². The summed E-state index contributed by atoms with van der Waals surface area (Å²) in [6, 6.07) is 0.493. The normalized spacial score (nSPS) is 11.3. The van der Waals surface area contributed by atoms with Gasteiger partial charge in [0, 0.05) is 38.3 Å². The van der Waals surface area contributed by atoms with Crippen LogP contribution in [0.3, 0.4) is 0 Å². The largest absolute Gasteiger partial charge is 0.385 e. The Morgan fingerprint density at radius 3 is 2.94 bits per heavy atom. The minimum absolute atomic E-state index is 0.493. The zero-order valence-corrected chi connectivity index (χ0v) is 11.7. The Morgan fingerprint density at radius 1 is 1.41 bits per heavy atom. The number of ether oxygens (including phenoxy) is 2. The molecule has 5 heteroatoms. The molecule has 0 saturated carbocycles. The Morgan fingerprint density at radius 2 is 2.24 bits per heavy atom. The van der Waals surface area contributed by atoms with Gasteiger partial charge in [0.2, 0.25) is 0 Å². The van der Waals surface area contributed by atoms with Gasteiger partial charge in [0.05, 0.1) is 12.3 Å². The van der Waals surface area contributed by atoms with E-state index in [-0.39, 0.29) is 0 Å². The van der Waals surface area contributed by atoms with E-state index < -0.39 is 0 Å². The van der Waals surface area contributed by atoms with Gasteiger partial charge in [-0.25, -0.2) is 4.98 Å². The Balaban J connectivity index is 2.17. The minimum Gasteiger partial charge on any atom is -0.385 e. The van der Waals surface area contributed by atoms with E-state index in [9.17, 15) is 0 Å². The molecule has 4 nitrogen and oxygen atoms in total. The molecule has 0 aromatic carbocycles. The standard InChI is InChI=1S/C12H22N2O2S/c1-10(2)13-7-12-14-11(9-17-12)8-16-6-4-5-15-3/h9-10,13H,4-8H2,1-3H3. The first-order valence-electron chi connectivity index (χ1n) is 5.95. The summed E-state index contributed by atoms with van der Waals surface area (Å²) in [4.78, 5) is 4.50. The molecular formula is C12H22N2O2S. The van der Waals surface area contributed by atoms with Crippen molar-refractivity contribution in [2.45, 2.75) is 39.5 Å². The van der Waals surface area contributed by atoms with Crippen LogP contribution in [-0.2, 0) is 22.6 Å². The highest BCUT2D eigenvalue weighted by Crippen LogP contribution is 2.10. The molecule has 0 amide bonds. The third-order valence-electron chi connectivity index (χ3n) is 2.15. The number of methoxy groups -OCH3 is 1. The SMILES string of the molecule is COCCCOCc1csc(CNC(C)C)n1. The third kappa shape index (κ3) is 6.73. The third-order valence-corrected chi connectivity index (χ3v) is 3.05. The molecule has 17 heavy (non-hydrogen) atoms. The first-order valence-corrected chi connectivity index (χ1v) is 6.83. The van der Waals surface area contributed by atoms with E-state index in [0.717, 1.165) is 36.9 Å². The number of thiazole rings is 1. The van der Waals surface area contributed by atoms with Gasteiger partial charge in [-0.3, -0.25) is 0 Å². The maximum Gasteiger partial charge on any atom is 0.107 e. The summed E-state index contributed by atoms with van der Waals surface area (Å²) in [6.07, 6.45) is 0.933. The van der Waals surface area contributed by atoms with Gasteiger partial charge >= 0.3 is 0 Å². The van der Waals surface area contributed by atoms with E-state index in [4.69, 9.17) is 9.47 Å². The van der Waals surface area contributed by atoms with E-state index >= 15 is 0 Å². The van der Waals surface area contributed by atoms with Gasteiger partial charge in [-0.2, -0.15) is 0 Å². The molecule has 0 aliphatic rings. The molecular weight excluding hydrogens is 236 g/mol. The van der Waals surface area contributed by atoms with E-state index in [1.807, 2.05) is 0 Å². The van der Waals surface area contributed by atoms with E-state index in [1.54, 1.807) is 18.4 Å². The van der Waals surface area contributed by atoms with Gasteiger partial charge in [0.25, 0.3) is 0 Å². The lowest BCUT2D eigenvalue weighted by Gasteiger charge is -2.04. The number of hydrogen-bond acceptors (Lipinski definition) is 5. The molecule has 0 aliphatic carbocycles. The zero-order chi connectivity index (χ0) is 12.5. The number of nitrogens with one attached hydrogen (secondary N) is 1. The predicted octanol–water partition coefficient (Wildman–Crippen LogP) is 2.19. The van der Waals surface area contributed by atoms with Crippen molar-refractivity contribution in [2.24, 2.45) is 0 Å². The Kier molecular flexibility index (Phi) is 7.35. The molecule has 1 aromatic rings. The van der Waals surface area contributed by atoms with Crippen molar-refractivity contribution < 1.29 is 9.47 Å². The highest BCUT2D eigenvalue weighted by molar-refractivity contribution is 7.09. The van der Waals surface area contributed by atoms with Crippen LogP contribution >= 0.6 is 11.3 Å². The molecule has 1 N–H and O–H groups in total. The molecule has 0 atom stereocenters. The smallest absolute Gasteiger partial charge is 0.107 e. The van der Waals surface area contributed by atoms with Crippen LogP contribution in [0.5, 0.6) is 0 Å². The van der Waals surface area contributed by atoms with Crippen LogP contribution in [0.2, 0.25) is 0 Å². The fourth-order valence-corrected chi connectivity index (χ4v) is 2.00. The second-order valence-electron chi connectivity index (χ2n) is 4.17. The van der Waals surface area contributed by atoms with Gasteiger partial charge in [0.1, 0.15) is 5.01 Å². The van der Waals surface area contributed by atoms with E-state index in [2.05, 4.69) is 29.5 Å². The number of rotatable bonds is 9. The summed E-state index contributed by atoms with van der Waals surface area (Å²) < 4.78 is 10.5. The van der Waals surface area contributed by atoms with Crippen molar-refractivity contribution in [1.82, 2.24) is 10.3 Å². The number of nitrogens with zero attached hydrogens (tertiary/aromatic N) is 1. The van der Waals surface area contributed by atoms with Crippen molar-refractivity contribution in [2.75, 3.05) is 20.3 Å². The monoisotopic (exact) mass is 258 g/mol. The maximum absolute atomic E-state index is 5.50. The van der Waals surface area contributed by atoms with Crippen LogP contribution in [0.4, 0.5) is 0 Å². The van der Waals surface area contributed by atoms with Gasteiger partial charge in [-0.05, 0) is 6.42 Å². The average molecular weight is 258 g/mol. The van der Waals surface area contributed by atoms with Gasteiger partial charge in [-0.15, -0.1) is 11.3 Å². The van der Waals surface area contributed by atoms with Crippen molar-refractivity contribution >= 4 is 11.3 Å². The molecule has 0 fully saturated rings. The van der Waals surface area contributed by atoms with Gasteiger partial charge < -0.3 is 14.8 Å². The Labute approximate surface area is 107 Å². The first kappa shape index (κ1) is 14.6. The predicted molar refractivity (Wildman–Crippen MR) is 70.2 cm³/mol. The minimum atomic E-state index is 0.493. The topological polar surface area (TPSA) is 43.4 Å². The molecule has 0 saturated heterocycles. The summed E-state index contributed by atoms with van der Waals surface area (Å²) in [5.41, 5.74) is 1.02. The fraction of sp³-hybridized carbons (Fsp3) is 0.750. The van der Waals surface area contributed by atoms with Crippen LogP contribution in [0.25, 0.3) is 0 Å². The molecule has 0 spiro atoms. The Bertz CT molecular complexity index is 302. The van der Waals surface area contributed by atoms with Crippen LogP contribution < -0.4 is 5.32 Å². The molecule has 1 heterocycles. The lowest BCUT2D eigenvalue weighted by molar-refractivity contribution is 0.0912. The second kappa shape index (κ2) is 8.58. The van der Waals surface area contributed by atoms with E-state index in [0.29, 0.717) is 12.6 Å². The van der Waals surface area contributed by atoms with Crippen LogP contribution in [0.15, 0.2) is 5.38 Å². The molecule has 1 rings (SSSR count). The van der Waals surface area contributed by atoms with Crippen LogP contribution in [0.1, 0.15) is 31.0 Å². The summed E-state index contributed by atoms with van der Waals surface area (Å²) in [5.74, 6) is 0. The number of aromatic nitrogens is 1. The van der Waals surface area contributed by atoms with Crippen LogP contribution in [-0.4, -0.2) is 31.3 Å². The van der Waals surface area contributed by atoms with Crippen molar-refractivity contribution in [1.29, 1.82) is 0 Å². The molecule has 0 bridgehead atoms. The summed E-state index contributed by atoms with van der Waals surface area (Å²) >= 11 is 1.68. The maximum atomic E-state index is 5.50.